The van der Waals surface area contributed by atoms with Gasteiger partial charge in [-0.2, -0.15) is 0 Å². The van der Waals surface area contributed by atoms with Crippen LogP contribution in [0.5, 0.6) is 0 Å². The number of likely N-dealkylation sites (N-methyl/N-ethyl adjacent to an activating group) is 1. The first-order chi connectivity index (χ1) is 29.0. The number of ether oxygens (including phenoxy) is 2. The first-order valence-electron chi connectivity index (χ1n) is 25.4. The van der Waals surface area contributed by atoms with Crippen molar-refractivity contribution in [2.24, 2.45) is 0 Å². The highest BCUT2D eigenvalue weighted by molar-refractivity contribution is 7.47. The molecule has 356 valence electrons. The van der Waals surface area contributed by atoms with E-state index >= 15 is 0 Å². The molecule has 2 atom stereocenters. The van der Waals surface area contributed by atoms with E-state index < -0.39 is 26.5 Å². The number of carbonyl (C=O) groups is 2. The van der Waals surface area contributed by atoms with Gasteiger partial charge in [0, 0.05) is 12.8 Å². The van der Waals surface area contributed by atoms with Crippen LogP contribution < -0.4 is 0 Å². The highest BCUT2D eigenvalue weighted by Gasteiger charge is 2.27. The van der Waals surface area contributed by atoms with Crippen molar-refractivity contribution in [2.45, 2.75) is 251 Å². The number of esters is 2. The zero-order chi connectivity index (χ0) is 44.3. The molecule has 1 unspecified atom stereocenters. The number of quaternary nitrogens is 1. The maximum absolute atomic E-state index is 12.7. The van der Waals surface area contributed by atoms with E-state index in [1.165, 1.54) is 167 Å². The SMILES string of the molecule is CCCCCCCCCC/C=C\CCCCCCCCCC(=O)O[C@H](COC(=O)CCCCCCCCCCCCCCCCCCC)COP(=O)(O)OCC[N+](C)(C)C. The van der Waals surface area contributed by atoms with Gasteiger partial charge in [0.25, 0.3) is 0 Å². The molecule has 0 bridgehead atoms. The Bertz CT molecular complexity index is 1030. The molecule has 0 spiro atoms. The minimum Gasteiger partial charge on any atom is -0.462 e. The van der Waals surface area contributed by atoms with E-state index in [1.54, 1.807) is 0 Å². The number of phosphoric acid groups is 1. The summed E-state index contributed by atoms with van der Waals surface area (Å²) in [6, 6.07) is 0. The zero-order valence-electron chi connectivity index (χ0n) is 40.2. The van der Waals surface area contributed by atoms with Crippen molar-refractivity contribution in [1.82, 2.24) is 0 Å². The first kappa shape index (κ1) is 58.8. The first-order valence-corrected chi connectivity index (χ1v) is 26.9. The molecule has 0 aliphatic heterocycles. The summed E-state index contributed by atoms with van der Waals surface area (Å²) < 4.78 is 34.4. The number of carbonyl (C=O) groups excluding carboxylic acids is 2. The Morgan fingerprint density at radius 3 is 1.23 bits per heavy atom. The fourth-order valence-corrected chi connectivity index (χ4v) is 8.05. The normalized spacial score (nSPS) is 13.5. The van der Waals surface area contributed by atoms with Gasteiger partial charge in [-0.05, 0) is 38.5 Å². The summed E-state index contributed by atoms with van der Waals surface area (Å²) in [5.74, 6) is -0.788. The summed E-state index contributed by atoms with van der Waals surface area (Å²) in [4.78, 5) is 35.5. The summed E-state index contributed by atoms with van der Waals surface area (Å²) >= 11 is 0. The average molecular weight is 873 g/mol. The van der Waals surface area contributed by atoms with Crippen molar-refractivity contribution in [3.05, 3.63) is 12.2 Å². The lowest BCUT2D eigenvalue weighted by Gasteiger charge is -2.24. The van der Waals surface area contributed by atoms with E-state index in [2.05, 4.69) is 26.0 Å². The van der Waals surface area contributed by atoms with Crippen molar-refractivity contribution in [1.29, 1.82) is 0 Å². The van der Waals surface area contributed by atoms with E-state index in [0.29, 0.717) is 23.9 Å². The van der Waals surface area contributed by atoms with E-state index in [9.17, 15) is 19.0 Å². The van der Waals surface area contributed by atoms with Crippen LogP contribution in [-0.4, -0.2) is 74.9 Å². The number of phosphoric ester groups is 1. The lowest BCUT2D eigenvalue weighted by molar-refractivity contribution is -0.870. The molecule has 0 aliphatic rings. The number of rotatable bonds is 47. The topological polar surface area (TPSA) is 108 Å². The van der Waals surface area contributed by atoms with Crippen LogP contribution in [0.4, 0.5) is 0 Å². The second kappa shape index (κ2) is 43.0. The van der Waals surface area contributed by atoms with Gasteiger partial charge in [0.1, 0.15) is 19.8 Å². The second-order valence-electron chi connectivity index (χ2n) is 18.6. The van der Waals surface area contributed by atoms with Crippen molar-refractivity contribution in [3.8, 4) is 0 Å². The van der Waals surface area contributed by atoms with Gasteiger partial charge in [0.2, 0.25) is 0 Å². The Hall–Kier alpha value is -1.25. The number of hydrogen-bond donors (Lipinski definition) is 1. The lowest BCUT2D eigenvalue weighted by Crippen LogP contribution is -2.37. The summed E-state index contributed by atoms with van der Waals surface area (Å²) in [6.45, 7) is 4.47. The highest BCUT2D eigenvalue weighted by atomic mass is 31.2. The molecule has 0 radical (unpaired) electrons. The maximum atomic E-state index is 12.7. The van der Waals surface area contributed by atoms with Crippen LogP contribution in [0.3, 0.4) is 0 Å². The number of allylic oxidation sites excluding steroid dienone is 2. The predicted molar refractivity (Wildman–Crippen MR) is 252 cm³/mol. The molecule has 0 heterocycles. The van der Waals surface area contributed by atoms with Crippen molar-refractivity contribution in [3.63, 3.8) is 0 Å². The molecule has 0 aromatic heterocycles. The van der Waals surface area contributed by atoms with Crippen LogP contribution in [0.1, 0.15) is 245 Å². The summed E-state index contributed by atoms with van der Waals surface area (Å²) in [6.07, 6.45) is 46.8. The van der Waals surface area contributed by atoms with Gasteiger partial charge in [0.15, 0.2) is 6.10 Å². The standard InChI is InChI=1S/C50H98NO8P/c1-6-8-10-12-14-16-18-20-22-24-25-27-29-31-33-35-37-39-41-43-50(53)59-48(47-58-60(54,55)57-45-44-51(3,4)5)46-56-49(52)42-40-38-36-34-32-30-28-26-23-21-19-17-15-13-11-9-7-2/h24-25,48H,6-23,26-47H2,1-5H3/p+1/b25-24-/t48-/m1/s1. The molecule has 0 saturated carbocycles. The van der Waals surface area contributed by atoms with Gasteiger partial charge >= 0.3 is 19.8 Å². The minimum absolute atomic E-state index is 0.0343. The molecule has 10 heteroatoms. The van der Waals surface area contributed by atoms with Crippen LogP contribution in [0.25, 0.3) is 0 Å². The molecule has 0 aromatic rings. The third-order valence-electron chi connectivity index (χ3n) is 11.3. The molecule has 0 saturated heterocycles. The van der Waals surface area contributed by atoms with Crippen LogP contribution >= 0.6 is 7.82 Å². The molecular weight excluding hydrogens is 774 g/mol. The lowest BCUT2D eigenvalue weighted by atomic mass is 10.0. The van der Waals surface area contributed by atoms with Crippen molar-refractivity contribution in [2.75, 3.05) is 47.5 Å². The Labute approximate surface area is 371 Å². The summed E-state index contributed by atoms with van der Waals surface area (Å²) in [7, 11) is 1.49. The number of nitrogens with zero attached hydrogens (tertiary/aromatic N) is 1. The van der Waals surface area contributed by atoms with Gasteiger partial charge in [-0.15, -0.1) is 0 Å². The van der Waals surface area contributed by atoms with Gasteiger partial charge in [-0.1, -0.05) is 206 Å². The summed E-state index contributed by atoms with van der Waals surface area (Å²) in [5.41, 5.74) is 0. The molecule has 0 aromatic carbocycles. The summed E-state index contributed by atoms with van der Waals surface area (Å²) in [5, 5.41) is 0. The fourth-order valence-electron chi connectivity index (χ4n) is 7.31. The van der Waals surface area contributed by atoms with Gasteiger partial charge in [-0.3, -0.25) is 18.6 Å². The van der Waals surface area contributed by atoms with Gasteiger partial charge in [-0.25, -0.2) is 4.57 Å². The molecule has 0 fully saturated rings. The molecule has 1 N–H and O–H groups in total. The Morgan fingerprint density at radius 2 is 0.850 bits per heavy atom. The largest absolute Gasteiger partial charge is 0.472 e. The molecule has 0 amide bonds. The van der Waals surface area contributed by atoms with Crippen molar-refractivity contribution >= 4 is 19.8 Å². The number of unbranched alkanes of at least 4 members (excludes halogenated alkanes) is 31. The van der Waals surface area contributed by atoms with Gasteiger partial charge < -0.3 is 18.9 Å². The smallest absolute Gasteiger partial charge is 0.462 e. The van der Waals surface area contributed by atoms with Crippen LogP contribution in [0.2, 0.25) is 0 Å². The molecule has 9 nitrogen and oxygen atoms in total. The third kappa shape index (κ3) is 46.3. The van der Waals surface area contributed by atoms with Gasteiger partial charge in [0.05, 0.1) is 27.7 Å². The maximum Gasteiger partial charge on any atom is 0.472 e. The molecule has 60 heavy (non-hydrogen) atoms. The highest BCUT2D eigenvalue weighted by Crippen LogP contribution is 2.43. The second-order valence-corrected chi connectivity index (χ2v) is 20.0. The third-order valence-corrected chi connectivity index (χ3v) is 12.3. The fraction of sp³-hybridized carbons (Fsp3) is 0.920. The minimum atomic E-state index is -4.37. The monoisotopic (exact) mass is 873 g/mol. The van der Waals surface area contributed by atoms with E-state index in [1.807, 2.05) is 21.1 Å². The molecule has 0 aliphatic carbocycles. The molecular formula is C50H99NO8P+. The Kier molecular flexibility index (Phi) is 42.1. The van der Waals surface area contributed by atoms with E-state index in [-0.39, 0.29) is 25.6 Å². The quantitative estimate of drug-likeness (QED) is 0.0212. The Balaban J connectivity index is 4.24. The van der Waals surface area contributed by atoms with Crippen LogP contribution in [0, 0.1) is 0 Å². The van der Waals surface area contributed by atoms with Crippen molar-refractivity contribution < 1.29 is 42.1 Å². The molecule has 0 rings (SSSR count). The van der Waals surface area contributed by atoms with E-state index in [4.69, 9.17) is 18.5 Å². The van der Waals surface area contributed by atoms with Crippen LogP contribution in [0.15, 0.2) is 12.2 Å². The van der Waals surface area contributed by atoms with E-state index in [0.717, 1.165) is 44.9 Å². The zero-order valence-corrected chi connectivity index (χ0v) is 41.1. The predicted octanol–water partition coefficient (Wildman–Crippen LogP) is 14.9. The average Bonchev–Trinajstić information content (AvgIpc) is 3.20. The Morgan fingerprint density at radius 1 is 0.500 bits per heavy atom. The number of hydrogen-bond acceptors (Lipinski definition) is 7. The van der Waals surface area contributed by atoms with Crippen LogP contribution in [-0.2, 0) is 32.7 Å².